The SMILES string of the molecule is Cc1ccc(S(=O)(=O)NC(=O)Nc2c(C(F)(F)F)cccc2C(F)(F)F)cc1. The Kier molecular flexibility index (Phi) is 5.64. The van der Waals surface area contributed by atoms with E-state index in [9.17, 15) is 39.6 Å². The van der Waals surface area contributed by atoms with Gasteiger partial charge >= 0.3 is 18.4 Å². The number of anilines is 1. The van der Waals surface area contributed by atoms with Gasteiger partial charge in [0.05, 0.1) is 21.7 Å². The van der Waals surface area contributed by atoms with E-state index in [1.165, 1.54) is 22.2 Å². The summed E-state index contributed by atoms with van der Waals surface area (Å²) < 4.78 is 104. The van der Waals surface area contributed by atoms with Crippen LogP contribution in [0.5, 0.6) is 0 Å². The van der Waals surface area contributed by atoms with Crippen molar-refractivity contribution in [2.45, 2.75) is 24.2 Å². The van der Waals surface area contributed by atoms with E-state index in [2.05, 4.69) is 0 Å². The Hall–Kier alpha value is -2.76. The van der Waals surface area contributed by atoms with E-state index in [4.69, 9.17) is 0 Å². The van der Waals surface area contributed by atoms with Gasteiger partial charge in [0.25, 0.3) is 10.0 Å². The maximum absolute atomic E-state index is 13.1. The van der Waals surface area contributed by atoms with Crippen LogP contribution >= 0.6 is 0 Å². The smallest absolute Gasteiger partial charge is 0.306 e. The third-order valence-corrected chi connectivity index (χ3v) is 4.82. The molecule has 28 heavy (non-hydrogen) atoms. The molecule has 2 aromatic carbocycles. The molecule has 152 valence electrons. The Morgan fingerprint density at radius 2 is 1.32 bits per heavy atom. The Bertz CT molecular complexity index is 951. The standard InChI is InChI=1S/C16H12F6N2O3S/c1-9-5-7-10(8-6-9)28(26,27)24-14(25)23-13-11(15(17,18)19)3-2-4-12(13)16(20,21)22/h2-8H,1H3,(H2,23,24,25). The molecule has 0 aliphatic rings. The monoisotopic (exact) mass is 426 g/mol. The summed E-state index contributed by atoms with van der Waals surface area (Å²) in [5, 5.41) is 1.36. The minimum atomic E-state index is -5.22. The van der Waals surface area contributed by atoms with E-state index >= 15 is 0 Å². The lowest BCUT2D eigenvalue weighted by Gasteiger charge is -2.19. The summed E-state index contributed by atoms with van der Waals surface area (Å²) >= 11 is 0. The Labute approximate surface area is 155 Å². The van der Waals surface area contributed by atoms with Crippen LogP contribution < -0.4 is 10.0 Å². The van der Waals surface area contributed by atoms with Crippen LogP contribution in [0, 0.1) is 6.92 Å². The van der Waals surface area contributed by atoms with E-state index in [1.807, 2.05) is 0 Å². The number of amides is 2. The van der Waals surface area contributed by atoms with E-state index in [1.54, 1.807) is 6.92 Å². The van der Waals surface area contributed by atoms with Gasteiger partial charge in [-0.05, 0) is 31.2 Å². The molecule has 0 aliphatic carbocycles. The van der Waals surface area contributed by atoms with Gasteiger partial charge in [-0.25, -0.2) is 17.9 Å². The van der Waals surface area contributed by atoms with Gasteiger partial charge in [0, 0.05) is 0 Å². The van der Waals surface area contributed by atoms with Crippen molar-refractivity contribution >= 4 is 21.7 Å². The van der Waals surface area contributed by atoms with Crippen molar-refractivity contribution in [3.63, 3.8) is 0 Å². The molecule has 0 aliphatic heterocycles. The summed E-state index contributed by atoms with van der Waals surface area (Å²) in [6, 6.07) is 4.45. The van der Waals surface area contributed by atoms with Gasteiger partial charge in [-0.3, -0.25) is 0 Å². The average Bonchev–Trinajstić information content (AvgIpc) is 2.52. The van der Waals surface area contributed by atoms with Crippen LogP contribution in [0.25, 0.3) is 0 Å². The van der Waals surface area contributed by atoms with Crippen LogP contribution in [0.15, 0.2) is 47.4 Å². The van der Waals surface area contributed by atoms with Crippen LogP contribution in [0.4, 0.5) is 36.8 Å². The number of carbonyl (C=O) groups excluding carboxylic acids is 1. The second-order valence-corrected chi connectivity index (χ2v) is 7.28. The third-order valence-electron chi connectivity index (χ3n) is 3.47. The van der Waals surface area contributed by atoms with Gasteiger partial charge in [0.1, 0.15) is 0 Å². The van der Waals surface area contributed by atoms with Crippen molar-refractivity contribution in [1.29, 1.82) is 0 Å². The van der Waals surface area contributed by atoms with Crippen molar-refractivity contribution in [2.24, 2.45) is 0 Å². The molecule has 0 atom stereocenters. The van der Waals surface area contributed by atoms with E-state index < -0.39 is 50.1 Å². The average molecular weight is 426 g/mol. The first-order chi connectivity index (χ1) is 12.7. The number of aryl methyl sites for hydroxylation is 1. The first-order valence-electron chi connectivity index (χ1n) is 7.39. The molecule has 2 N–H and O–H groups in total. The van der Waals surface area contributed by atoms with Gasteiger partial charge < -0.3 is 5.32 Å². The van der Waals surface area contributed by atoms with Gasteiger partial charge in [-0.1, -0.05) is 23.8 Å². The summed E-state index contributed by atoms with van der Waals surface area (Å²) in [5.41, 5.74) is -4.45. The number of halogens is 6. The normalized spacial score (nSPS) is 12.5. The second kappa shape index (κ2) is 7.34. The minimum absolute atomic E-state index is 0.333. The molecule has 0 fully saturated rings. The minimum Gasteiger partial charge on any atom is -0.306 e. The molecule has 0 aromatic heterocycles. The maximum Gasteiger partial charge on any atom is 0.418 e. The summed E-state index contributed by atoms with van der Waals surface area (Å²) in [6.07, 6.45) is -10.4. The molecule has 0 heterocycles. The summed E-state index contributed by atoms with van der Waals surface area (Å²) in [7, 11) is -4.52. The highest BCUT2D eigenvalue weighted by atomic mass is 32.2. The summed E-state index contributed by atoms with van der Waals surface area (Å²) in [6.45, 7) is 1.66. The van der Waals surface area contributed by atoms with Gasteiger partial charge in [-0.15, -0.1) is 0 Å². The second-order valence-electron chi connectivity index (χ2n) is 5.60. The number of alkyl halides is 6. The van der Waals surface area contributed by atoms with E-state index in [-0.39, 0.29) is 0 Å². The molecule has 0 bridgehead atoms. The molecular weight excluding hydrogens is 414 g/mol. The first kappa shape index (κ1) is 21.5. The molecule has 0 unspecified atom stereocenters. The number of urea groups is 1. The molecule has 2 rings (SSSR count). The molecular formula is C16H12F6N2O3S. The van der Waals surface area contributed by atoms with Crippen LogP contribution in [-0.2, 0) is 22.4 Å². The lowest BCUT2D eigenvalue weighted by Crippen LogP contribution is -2.35. The lowest BCUT2D eigenvalue weighted by atomic mass is 10.1. The lowest BCUT2D eigenvalue weighted by molar-refractivity contribution is -0.141. The highest BCUT2D eigenvalue weighted by Gasteiger charge is 2.41. The highest BCUT2D eigenvalue weighted by molar-refractivity contribution is 7.90. The zero-order valence-corrected chi connectivity index (χ0v) is 14.8. The molecule has 0 radical (unpaired) electrons. The van der Waals surface area contributed by atoms with E-state index in [0.29, 0.717) is 23.8 Å². The molecule has 5 nitrogen and oxygen atoms in total. The van der Waals surface area contributed by atoms with Crippen LogP contribution in [0.3, 0.4) is 0 Å². The zero-order chi connectivity index (χ0) is 21.3. The fraction of sp³-hybridized carbons (Fsp3) is 0.188. The number of carbonyl (C=O) groups is 1. The quantitative estimate of drug-likeness (QED) is 0.708. The third kappa shape index (κ3) is 4.94. The number of sulfonamides is 1. The molecule has 0 saturated heterocycles. The number of para-hydroxylation sites is 1. The Morgan fingerprint density at radius 1 is 0.857 bits per heavy atom. The van der Waals surface area contributed by atoms with Crippen molar-refractivity contribution in [3.8, 4) is 0 Å². The van der Waals surface area contributed by atoms with Gasteiger partial charge in [0.15, 0.2) is 0 Å². The molecule has 2 aromatic rings. The molecule has 0 spiro atoms. The maximum atomic E-state index is 13.1. The number of nitrogens with one attached hydrogen (secondary N) is 2. The van der Waals surface area contributed by atoms with E-state index in [0.717, 1.165) is 12.1 Å². The van der Waals surface area contributed by atoms with Crippen LogP contribution in [0.2, 0.25) is 0 Å². The zero-order valence-electron chi connectivity index (χ0n) is 13.9. The summed E-state index contributed by atoms with van der Waals surface area (Å²) in [4.78, 5) is 11.5. The molecule has 2 amide bonds. The Morgan fingerprint density at radius 3 is 1.75 bits per heavy atom. The largest absolute Gasteiger partial charge is 0.418 e. The van der Waals surface area contributed by atoms with Crippen molar-refractivity contribution in [1.82, 2.24) is 4.72 Å². The van der Waals surface area contributed by atoms with Gasteiger partial charge in [-0.2, -0.15) is 26.3 Å². The number of hydrogen-bond donors (Lipinski definition) is 2. The van der Waals surface area contributed by atoms with Crippen molar-refractivity contribution < 1.29 is 39.6 Å². The predicted molar refractivity (Wildman–Crippen MR) is 87.0 cm³/mol. The van der Waals surface area contributed by atoms with Crippen molar-refractivity contribution in [3.05, 3.63) is 59.2 Å². The first-order valence-corrected chi connectivity index (χ1v) is 8.88. The van der Waals surface area contributed by atoms with Crippen LogP contribution in [0.1, 0.15) is 16.7 Å². The number of rotatable bonds is 3. The fourth-order valence-corrected chi connectivity index (χ4v) is 3.10. The Balaban J connectivity index is 2.39. The van der Waals surface area contributed by atoms with Gasteiger partial charge in [0.2, 0.25) is 0 Å². The number of benzene rings is 2. The highest BCUT2D eigenvalue weighted by Crippen LogP contribution is 2.42. The predicted octanol–water partition coefficient (Wildman–Crippen LogP) is 4.54. The summed E-state index contributed by atoms with van der Waals surface area (Å²) in [5.74, 6) is 0. The fourth-order valence-electron chi connectivity index (χ4n) is 2.20. The topological polar surface area (TPSA) is 75.3 Å². The molecule has 0 saturated carbocycles. The number of hydrogen-bond acceptors (Lipinski definition) is 3. The van der Waals surface area contributed by atoms with Crippen LogP contribution in [-0.4, -0.2) is 14.4 Å². The van der Waals surface area contributed by atoms with Crippen molar-refractivity contribution in [2.75, 3.05) is 5.32 Å². The molecule has 12 heteroatoms.